The summed E-state index contributed by atoms with van der Waals surface area (Å²) in [4.78, 5) is 2.10. The molecule has 2 rings (SSSR count). The molecular formula is C24H28F3N3O2. The van der Waals surface area contributed by atoms with E-state index in [0.29, 0.717) is 50.2 Å². The minimum Gasteiger partial charge on any atom is -0.507 e. The molecule has 1 aliphatic carbocycles. The molecule has 0 saturated carbocycles. The van der Waals surface area contributed by atoms with Crippen molar-refractivity contribution in [3.63, 3.8) is 0 Å². The minimum atomic E-state index is -4.84. The van der Waals surface area contributed by atoms with Gasteiger partial charge in [-0.3, -0.25) is 5.41 Å². The zero-order chi connectivity index (χ0) is 23.9. The molecule has 0 fully saturated rings. The number of aromatic hydroxyl groups is 1. The number of rotatable bonds is 9. The van der Waals surface area contributed by atoms with Crippen LogP contribution in [0.5, 0.6) is 11.5 Å². The maximum absolute atomic E-state index is 12.9. The quantitative estimate of drug-likeness (QED) is 0.378. The first-order valence-electron chi connectivity index (χ1n) is 10.4. The number of phenolic OH excluding ortho intramolecular Hbond substituents is 1. The number of nitrogens with one attached hydrogen (secondary N) is 1. The molecule has 8 heteroatoms. The Morgan fingerprint density at radius 3 is 2.69 bits per heavy atom. The number of hydrogen-bond donors (Lipinski definition) is 2. The first kappa shape index (κ1) is 25.1. The largest absolute Gasteiger partial charge is 0.507 e. The predicted octanol–water partition coefficient (Wildman–Crippen LogP) is 5.66. The molecule has 2 N–H and O–H groups in total. The molecule has 0 unspecified atom stereocenters. The second-order valence-electron chi connectivity index (χ2n) is 7.63. The van der Waals surface area contributed by atoms with Gasteiger partial charge in [-0.1, -0.05) is 19.4 Å². The number of allylic oxidation sites excluding steroid dienone is 5. The Balaban J connectivity index is 2.06. The summed E-state index contributed by atoms with van der Waals surface area (Å²) in [5, 5.41) is 26.8. The van der Waals surface area contributed by atoms with E-state index < -0.39 is 23.2 Å². The van der Waals surface area contributed by atoms with Crippen LogP contribution in [0.3, 0.4) is 0 Å². The molecule has 32 heavy (non-hydrogen) atoms. The average molecular weight is 448 g/mol. The van der Waals surface area contributed by atoms with Gasteiger partial charge in [-0.15, -0.1) is 0 Å². The lowest BCUT2D eigenvalue weighted by molar-refractivity contribution is -0.0588. The summed E-state index contributed by atoms with van der Waals surface area (Å²) in [6, 6.07) is 4.62. The summed E-state index contributed by atoms with van der Waals surface area (Å²) in [5.41, 5.74) is 0.907. The zero-order valence-electron chi connectivity index (χ0n) is 18.5. The van der Waals surface area contributed by atoms with E-state index >= 15 is 0 Å². The SMILES string of the molecule is CCCc1c(OCCCN(C)C2=C(C)C=C(C#N)C=CC2)ccc(C(=N)C(F)(F)F)c1O. The van der Waals surface area contributed by atoms with Crippen LogP contribution in [-0.4, -0.2) is 42.1 Å². The summed E-state index contributed by atoms with van der Waals surface area (Å²) in [7, 11) is 1.96. The van der Waals surface area contributed by atoms with E-state index in [1.165, 1.54) is 6.07 Å². The van der Waals surface area contributed by atoms with Crippen LogP contribution in [0.25, 0.3) is 0 Å². The Morgan fingerprint density at radius 2 is 2.06 bits per heavy atom. The van der Waals surface area contributed by atoms with Gasteiger partial charge < -0.3 is 14.7 Å². The number of hydrogen-bond acceptors (Lipinski definition) is 5. The van der Waals surface area contributed by atoms with Crippen molar-refractivity contribution in [1.82, 2.24) is 4.90 Å². The first-order chi connectivity index (χ1) is 15.1. The van der Waals surface area contributed by atoms with Gasteiger partial charge in [0, 0.05) is 36.8 Å². The predicted molar refractivity (Wildman–Crippen MR) is 118 cm³/mol. The molecule has 172 valence electrons. The van der Waals surface area contributed by atoms with Crippen LogP contribution in [0, 0.1) is 16.7 Å². The molecule has 0 aliphatic heterocycles. The molecule has 1 aromatic rings. The molecule has 0 atom stereocenters. The van der Waals surface area contributed by atoms with Crippen molar-refractivity contribution in [2.45, 2.75) is 45.7 Å². The van der Waals surface area contributed by atoms with Crippen LogP contribution >= 0.6 is 0 Å². The fraction of sp³-hybridized carbons (Fsp3) is 0.417. The van der Waals surface area contributed by atoms with Gasteiger partial charge in [0.05, 0.1) is 18.2 Å². The smallest absolute Gasteiger partial charge is 0.433 e. The van der Waals surface area contributed by atoms with Crippen LogP contribution in [0.15, 0.2) is 47.2 Å². The molecule has 0 bridgehead atoms. The van der Waals surface area contributed by atoms with E-state index in [2.05, 4.69) is 11.0 Å². The molecule has 5 nitrogen and oxygen atoms in total. The molecular weight excluding hydrogens is 419 g/mol. The summed E-state index contributed by atoms with van der Waals surface area (Å²) in [6.45, 7) is 4.82. The zero-order valence-corrected chi connectivity index (χ0v) is 18.5. The lowest BCUT2D eigenvalue weighted by Gasteiger charge is -2.24. The van der Waals surface area contributed by atoms with Gasteiger partial charge in [-0.2, -0.15) is 18.4 Å². The van der Waals surface area contributed by atoms with Crippen LogP contribution in [-0.2, 0) is 6.42 Å². The third kappa shape index (κ3) is 6.16. The van der Waals surface area contributed by atoms with Crippen LogP contribution in [0.1, 0.15) is 44.2 Å². The summed E-state index contributed by atoms with van der Waals surface area (Å²) >= 11 is 0. The molecule has 0 aromatic heterocycles. The standard InChI is InChI=1S/C24H28F3N3O2/c1-4-7-18-21(11-10-19(22(18)31)23(29)24(25,26)27)32-13-6-12-30(3)20-9-5-8-17(15-28)14-16(20)2/h5,8,10-11,14,29,31H,4,6-7,9,12-13H2,1-3H3. The number of nitriles is 1. The van der Waals surface area contributed by atoms with Crippen molar-refractivity contribution in [2.75, 3.05) is 20.2 Å². The number of benzene rings is 1. The van der Waals surface area contributed by atoms with Gasteiger partial charge in [0.2, 0.25) is 0 Å². The van der Waals surface area contributed by atoms with Gasteiger partial charge >= 0.3 is 6.18 Å². The van der Waals surface area contributed by atoms with Gasteiger partial charge in [-0.05, 0) is 49.6 Å². The van der Waals surface area contributed by atoms with Crippen molar-refractivity contribution in [3.8, 4) is 17.6 Å². The van der Waals surface area contributed by atoms with Crippen molar-refractivity contribution in [3.05, 3.63) is 58.3 Å². The fourth-order valence-electron chi connectivity index (χ4n) is 3.57. The topological polar surface area (TPSA) is 80.3 Å². The molecule has 0 spiro atoms. The van der Waals surface area contributed by atoms with Gasteiger partial charge in [0.25, 0.3) is 0 Å². The second-order valence-corrected chi connectivity index (χ2v) is 7.63. The minimum absolute atomic E-state index is 0.286. The highest BCUT2D eigenvalue weighted by molar-refractivity contribution is 6.04. The van der Waals surface area contributed by atoms with Crippen molar-refractivity contribution in [1.29, 1.82) is 10.7 Å². The van der Waals surface area contributed by atoms with Crippen LogP contribution in [0.2, 0.25) is 0 Å². The Labute approximate surface area is 186 Å². The number of alkyl halides is 3. The van der Waals surface area contributed by atoms with Crippen molar-refractivity contribution >= 4 is 5.71 Å². The van der Waals surface area contributed by atoms with Gasteiger partial charge in [0.15, 0.2) is 0 Å². The Morgan fingerprint density at radius 1 is 1.34 bits per heavy atom. The molecule has 1 aromatic carbocycles. The second kappa shape index (κ2) is 10.9. The van der Waals surface area contributed by atoms with Gasteiger partial charge in [0.1, 0.15) is 17.2 Å². The molecule has 0 heterocycles. The van der Waals surface area contributed by atoms with Crippen molar-refractivity contribution in [2.24, 2.45) is 0 Å². The lowest BCUT2D eigenvalue weighted by Crippen LogP contribution is -2.23. The Bertz CT molecular complexity index is 985. The molecule has 0 amide bonds. The summed E-state index contributed by atoms with van der Waals surface area (Å²) < 4.78 is 44.5. The maximum atomic E-state index is 12.9. The Kier molecular flexibility index (Phi) is 8.53. The number of nitrogens with zero attached hydrogens (tertiary/aromatic N) is 2. The Hall–Kier alpha value is -3.21. The third-order valence-corrected chi connectivity index (χ3v) is 5.21. The highest BCUT2D eigenvalue weighted by atomic mass is 19.4. The van der Waals surface area contributed by atoms with Gasteiger partial charge in [-0.25, -0.2) is 0 Å². The molecule has 0 saturated heterocycles. The first-order valence-corrected chi connectivity index (χ1v) is 10.4. The fourth-order valence-corrected chi connectivity index (χ4v) is 3.57. The van der Waals surface area contributed by atoms with E-state index in [1.807, 2.05) is 33.0 Å². The maximum Gasteiger partial charge on any atom is 0.433 e. The highest BCUT2D eigenvalue weighted by Crippen LogP contribution is 2.36. The van der Waals surface area contributed by atoms with E-state index in [9.17, 15) is 18.3 Å². The number of phenols is 1. The number of ether oxygens (including phenoxy) is 1. The summed E-state index contributed by atoms with van der Waals surface area (Å²) in [6.07, 6.45) is 3.08. The third-order valence-electron chi connectivity index (χ3n) is 5.21. The van der Waals surface area contributed by atoms with E-state index in [1.54, 1.807) is 6.08 Å². The summed E-state index contributed by atoms with van der Waals surface area (Å²) in [5.74, 6) is -0.213. The normalized spacial score (nSPS) is 14.0. The number of halogens is 3. The monoisotopic (exact) mass is 447 g/mol. The van der Waals surface area contributed by atoms with E-state index in [0.717, 1.165) is 17.3 Å². The highest BCUT2D eigenvalue weighted by Gasteiger charge is 2.37. The molecule has 1 aliphatic rings. The lowest BCUT2D eigenvalue weighted by atomic mass is 10.00. The average Bonchev–Trinajstić information content (AvgIpc) is 2.93. The van der Waals surface area contributed by atoms with Crippen molar-refractivity contribution < 1.29 is 23.0 Å². The van der Waals surface area contributed by atoms with E-state index in [4.69, 9.17) is 15.4 Å². The van der Waals surface area contributed by atoms with Crippen LogP contribution in [0.4, 0.5) is 13.2 Å². The molecule has 0 radical (unpaired) electrons. The van der Waals surface area contributed by atoms with E-state index in [-0.39, 0.29) is 5.56 Å². The van der Waals surface area contributed by atoms with Crippen LogP contribution < -0.4 is 4.74 Å².